The van der Waals surface area contributed by atoms with Crippen LogP contribution in [0.1, 0.15) is 39.0 Å². The lowest BCUT2D eigenvalue weighted by Gasteiger charge is -2.32. The van der Waals surface area contributed by atoms with E-state index in [-0.39, 0.29) is 0 Å². The van der Waals surface area contributed by atoms with Crippen molar-refractivity contribution in [1.29, 1.82) is 0 Å². The van der Waals surface area contributed by atoms with Gasteiger partial charge in [-0.3, -0.25) is 0 Å². The molecule has 0 radical (unpaired) electrons. The highest BCUT2D eigenvalue weighted by Crippen LogP contribution is 2.65. The Balaban J connectivity index is 2.15. The predicted octanol–water partition coefficient (Wildman–Crippen LogP) is 5.01. The number of hydrogen-bond acceptors (Lipinski definition) is 0. The first kappa shape index (κ1) is 14.8. The first-order valence-electron chi connectivity index (χ1n) is 8.37. The quantitative estimate of drug-likeness (QED) is 0.681. The van der Waals surface area contributed by atoms with E-state index in [1.54, 1.807) is 10.6 Å². The maximum atomic E-state index is 2.40. The SMILES string of the molecule is CCC[P+](c1ccccc1)(c1ccccc1)C1CCCC1. The van der Waals surface area contributed by atoms with E-state index in [4.69, 9.17) is 0 Å². The van der Waals surface area contributed by atoms with Crippen LogP contribution < -0.4 is 10.6 Å². The highest BCUT2D eigenvalue weighted by Gasteiger charge is 2.49. The van der Waals surface area contributed by atoms with E-state index in [0.717, 1.165) is 5.66 Å². The molecule has 0 spiro atoms. The summed E-state index contributed by atoms with van der Waals surface area (Å²) in [5, 5.41) is 3.26. The molecule has 2 aromatic rings. The Morgan fingerprint density at radius 2 is 1.29 bits per heavy atom. The molecule has 3 rings (SSSR count). The Labute approximate surface area is 129 Å². The molecule has 1 heteroatoms. The van der Waals surface area contributed by atoms with Crippen LogP contribution in [0.5, 0.6) is 0 Å². The van der Waals surface area contributed by atoms with Crippen molar-refractivity contribution < 1.29 is 0 Å². The van der Waals surface area contributed by atoms with Crippen molar-refractivity contribution in [2.24, 2.45) is 0 Å². The standard InChI is InChI=1S/C20H26P/c1-2-17-21(20-15-9-10-16-20,18-11-5-3-6-12-18)19-13-7-4-8-14-19/h3-8,11-14,20H,2,9-10,15-17H2,1H3/q+1. The molecule has 0 aliphatic heterocycles. The summed E-state index contributed by atoms with van der Waals surface area (Å²) in [7, 11) is -1.25. The van der Waals surface area contributed by atoms with Crippen molar-refractivity contribution in [3.8, 4) is 0 Å². The molecule has 1 fully saturated rings. The molecule has 21 heavy (non-hydrogen) atoms. The molecule has 0 N–H and O–H groups in total. The molecule has 0 aromatic heterocycles. The molecule has 0 amide bonds. The molecular weight excluding hydrogens is 271 g/mol. The van der Waals surface area contributed by atoms with Gasteiger partial charge in [-0.25, -0.2) is 0 Å². The maximum absolute atomic E-state index is 2.40. The third kappa shape index (κ3) is 2.79. The van der Waals surface area contributed by atoms with Gasteiger partial charge in [0.15, 0.2) is 0 Å². The second-order valence-corrected chi connectivity index (χ2v) is 10.1. The molecule has 1 aliphatic carbocycles. The van der Waals surface area contributed by atoms with Crippen molar-refractivity contribution in [3.05, 3.63) is 60.7 Å². The van der Waals surface area contributed by atoms with Crippen LogP contribution in [0, 0.1) is 0 Å². The highest BCUT2D eigenvalue weighted by molar-refractivity contribution is 7.90. The minimum Gasteiger partial charge on any atom is -0.0620 e. The van der Waals surface area contributed by atoms with E-state index in [2.05, 4.69) is 67.6 Å². The smallest absolute Gasteiger partial charge is 0.0620 e. The molecule has 0 heterocycles. The molecule has 0 saturated heterocycles. The molecule has 0 unspecified atom stereocenters. The molecule has 0 bridgehead atoms. The summed E-state index contributed by atoms with van der Waals surface area (Å²) in [5.74, 6) is 0. The number of rotatable bonds is 5. The van der Waals surface area contributed by atoms with Crippen LogP contribution in [0.25, 0.3) is 0 Å². The molecule has 2 aromatic carbocycles. The fourth-order valence-corrected chi connectivity index (χ4v) is 9.48. The summed E-state index contributed by atoms with van der Waals surface area (Å²) in [6, 6.07) is 22.8. The van der Waals surface area contributed by atoms with Crippen LogP contribution in [0.3, 0.4) is 0 Å². The van der Waals surface area contributed by atoms with Gasteiger partial charge in [0.25, 0.3) is 0 Å². The molecule has 110 valence electrons. The Morgan fingerprint density at radius 1 is 0.810 bits per heavy atom. The van der Waals surface area contributed by atoms with Crippen LogP contribution in [0.2, 0.25) is 0 Å². The van der Waals surface area contributed by atoms with Gasteiger partial charge in [0, 0.05) is 0 Å². The van der Waals surface area contributed by atoms with Crippen LogP contribution in [0.4, 0.5) is 0 Å². The maximum Gasteiger partial charge on any atom is 0.0994 e. The third-order valence-corrected chi connectivity index (χ3v) is 10.3. The van der Waals surface area contributed by atoms with Gasteiger partial charge in [-0.15, -0.1) is 0 Å². The molecule has 1 saturated carbocycles. The van der Waals surface area contributed by atoms with E-state index in [1.165, 1.54) is 38.3 Å². The largest absolute Gasteiger partial charge is 0.0994 e. The Hall–Kier alpha value is -1.13. The fourth-order valence-electron chi connectivity index (χ4n) is 4.10. The van der Waals surface area contributed by atoms with Crippen molar-refractivity contribution in [2.45, 2.75) is 44.7 Å². The average molecular weight is 297 g/mol. The van der Waals surface area contributed by atoms with Gasteiger partial charge in [-0.2, -0.15) is 0 Å². The van der Waals surface area contributed by atoms with Gasteiger partial charge in [0.05, 0.1) is 29.7 Å². The van der Waals surface area contributed by atoms with Crippen molar-refractivity contribution in [1.82, 2.24) is 0 Å². The summed E-state index contributed by atoms with van der Waals surface area (Å²) in [5.41, 5.74) is 0.905. The van der Waals surface area contributed by atoms with E-state index < -0.39 is 7.26 Å². The topological polar surface area (TPSA) is 0 Å². The lowest BCUT2D eigenvalue weighted by Crippen LogP contribution is -2.32. The zero-order chi connectivity index (χ0) is 14.5. The average Bonchev–Trinajstić information content (AvgIpc) is 3.09. The fraction of sp³-hybridized carbons (Fsp3) is 0.400. The van der Waals surface area contributed by atoms with Gasteiger partial charge in [-0.1, -0.05) is 43.3 Å². The van der Waals surface area contributed by atoms with E-state index in [1.807, 2.05) is 0 Å². The first-order chi connectivity index (χ1) is 10.4. The molecule has 0 nitrogen and oxygen atoms in total. The Kier molecular flexibility index (Phi) is 4.76. The molecular formula is C20H26P+. The second kappa shape index (κ2) is 6.75. The third-order valence-electron chi connectivity index (χ3n) is 4.96. The van der Waals surface area contributed by atoms with Crippen LogP contribution in [-0.4, -0.2) is 11.8 Å². The Morgan fingerprint density at radius 3 is 1.71 bits per heavy atom. The summed E-state index contributed by atoms with van der Waals surface area (Å²) >= 11 is 0. The van der Waals surface area contributed by atoms with E-state index in [9.17, 15) is 0 Å². The van der Waals surface area contributed by atoms with Crippen LogP contribution in [0.15, 0.2) is 60.7 Å². The minimum atomic E-state index is -1.25. The normalized spacial score (nSPS) is 16.2. The zero-order valence-corrected chi connectivity index (χ0v) is 13.9. The monoisotopic (exact) mass is 297 g/mol. The lowest BCUT2D eigenvalue weighted by atomic mass is 10.3. The number of benzene rings is 2. The summed E-state index contributed by atoms with van der Waals surface area (Å²) in [4.78, 5) is 0. The zero-order valence-electron chi connectivity index (χ0n) is 13.0. The lowest BCUT2D eigenvalue weighted by molar-refractivity contribution is 0.880. The summed E-state index contributed by atoms with van der Waals surface area (Å²) < 4.78 is 0. The summed E-state index contributed by atoms with van der Waals surface area (Å²) in [6.07, 6.45) is 8.36. The van der Waals surface area contributed by atoms with Gasteiger partial charge < -0.3 is 0 Å². The van der Waals surface area contributed by atoms with E-state index in [0.29, 0.717) is 0 Å². The van der Waals surface area contributed by atoms with Crippen molar-refractivity contribution >= 4 is 17.9 Å². The molecule has 1 aliphatic rings. The number of hydrogen-bond donors (Lipinski definition) is 0. The van der Waals surface area contributed by atoms with Gasteiger partial charge in [-0.05, 0) is 56.4 Å². The van der Waals surface area contributed by atoms with Gasteiger partial charge >= 0.3 is 0 Å². The Bertz CT molecular complexity index is 501. The minimum absolute atomic E-state index is 0.905. The van der Waals surface area contributed by atoms with Crippen LogP contribution >= 0.6 is 7.26 Å². The molecule has 0 atom stereocenters. The van der Waals surface area contributed by atoms with Gasteiger partial charge in [0.2, 0.25) is 0 Å². The first-order valence-corrected chi connectivity index (χ1v) is 10.4. The van der Waals surface area contributed by atoms with Crippen molar-refractivity contribution in [3.63, 3.8) is 0 Å². The van der Waals surface area contributed by atoms with Crippen molar-refractivity contribution in [2.75, 3.05) is 6.16 Å². The van der Waals surface area contributed by atoms with Gasteiger partial charge in [0.1, 0.15) is 0 Å². The van der Waals surface area contributed by atoms with Crippen LogP contribution in [-0.2, 0) is 0 Å². The highest BCUT2D eigenvalue weighted by atomic mass is 31.2. The second-order valence-electron chi connectivity index (χ2n) is 6.20. The van der Waals surface area contributed by atoms with E-state index >= 15 is 0 Å². The summed E-state index contributed by atoms with van der Waals surface area (Å²) in [6.45, 7) is 2.36. The predicted molar refractivity (Wildman–Crippen MR) is 96.5 cm³/mol.